The van der Waals surface area contributed by atoms with Gasteiger partial charge in [0.1, 0.15) is 17.7 Å². The third-order valence-corrected chi connectivity index (χ3v) is 2.62. The van der Waals surface area contributed by atoms with Gasteiger partial charge in [-0.2, -0.15) is 0 Å². The van der Waals surface area contributed by atoms with Gasteiger partial charge in [0.05, 0.1) is 12.5 Å². The van der Waals surface area contributed by atoms with E-state index in [4.69, 9.17) is 23.2 Å². The quantitative estimate of drug-likeness (QED) is 0.845. The van der Waals surface area contributed by atoms with E-state index >= 15 is 0 Å². The van der Waals surface area contributed by atoms with Crippen LogP contribution in [0, 0.1) is 0 Å². The van der Waals surface area contributed by atoms with Crippen LogP contribution in [0.4, 0.5) is 5.69 Å². The number of nitrogens with one attached hydrogen (secondary N) is 1. The van der Waals surface area contributed by atoms with E-state index in [1.54, 1.807) is 11.6 Å². The molecule has 0 aromatic carbocycles. The van der Waals surface area contributed by atoms with Crippen LogP contribution in [-0.4, -0.2) is 25.4 Å². The molecule has 0 unspecified atom stereocenters. The van der Waals surface area contributed by atoms with Gasteiger partial charge in [0.25, 0.3) is 5.91 Å². The summed E-state index contributed by atoms with van der Waals surface area (Å²) in [7, 11) is 1.70. The Morgan fingerprint density at radius 2 is 2.00 bits per heavy atom. The first-order chi connectivity index (χ1) is 8.09. The van der Waals surface area contributed by atoms with Gasteiger partial charge in [0, 0.05) is 7.05 Å². The molecule has 0 aliphatic rings. The molecule has 2 rings (SSSR count). The van der Waals surface area contributed by atoms with E-state index in [1.807, 2.05) is 0 Å². The van der Waals surface area contributed by atoms with Gasteiger partial charge in [-0.1, -0.05) is 23.2 Å². The Morgan fingerprint density at radius 3 is 2.53 bits per heavy atom. The van der Waals surface area contributed by atoms with E-state index in [-0.39, 0.29) is 21.9 Å². The molecule has 0 bridgehead atoms. The standard InChI is InChI=1S/C9H7Cl2N5O/c1-16-4-12-2-5(16)9(17)15-6-7(10)13-3-14-8(6)11/h2-4H,1H3,(H,15,17). The Kier molecular flexibility index (Phi) is 3.26. The van der Waals surface area contributed by atoms with Crippen molar-refractivity contribution in [3.63, 3.8) is 0 Å². The van der Waals surface area contributed by atoms with Crippen LogP contribution in [0.2, 0.25) is 10.3 Å². The van der Waals surface area contributed by atoms with Crippen LogP contribution >= 0.6 is 23.2 Å². The van der Waals surface area contributed by atoms with Crippen molar-refractivity contribution < 1.29 is 4.79 Å². The average molecular weight is 272 g/mol. The SMILES string of the molecule is Cn1cncc1C(=O)Nc1c(Cl)ncnc1Cl. The molecule has 1 N–H and O–H groups in total. The maximum Gasteiger partial charge on any atom is 0.274 e. The van der Waals surface area contributed by atoms with E-state index in [0.717, 1.165) is 0 Å². The highest BCUT2D eigenvalue weighted by atomic mass is 35.5. The molecule has 2 heterocycles. The molecule has 88 valence electrons. The molecule has 2 aromatic rings. The summed E-state index contributed by atoms with van der Waals surface area (Å²) in [4.78, 5) is 23.1. The number of carbonyl (C=O) groups is 1. The van der Waals surface area contributed by atoms with E-state index < -0.39 is 0 Å². The predicted molar refractivity (Wildman–Crippen MR) is 63.2 cm³/mol. The highest BCUT2D eigenvalue weighted by molar-refractivity contribution is 6.38. The molecule has 0 saturated heterocycles. The van der Waals surface area contributed by atoms with Crippen LogP contribution < -0.4 is 5.32 Å². The van der Waals surface area contributed by atoms with Crippen LogP contribution in [-0.2, 0) is 7.05 Å². The zero-order valence-electron chi connectivity index (χ0n) is 8.69. The molecule has 0 saturated carbocycles. The molecule has 0 aliphatic heterocycles. The van der Waals surface area contributed by atoms with Gasteiger partial charge in [0.2, 0.25) is 0 Å². The second kappa shape index (κ2) is 4.68. The number of amides is 1. The van der Waals surface area contributed by atoms with Crippen molar-refractivity contribution in [2.45, 2.75) is 0 Å². The van der Waals surface area contributed by atoms with Gasteiger partial charge in [-0.05, 0) is 0 Å². The molecule has 0 atom stereocenters. The largest absolute Gasteiger partial charge is 0.330 e. The first kappa shape index (κ1) is 11.8. The topological polar surface area (TPSA) is 72.7 Å². The maximum absolute atomic E-state index is 11.9. The smallest absolute Gasteiger partial charge is 0.274 e. The number of rotatable bonds is 2. The van der Waals surface area contributed by atoms with Gasteiger partial charge in [-0.3, -0.25) is 4.79 Å². The number of aryl methyl sites for hydroxylation is 1. The Morgan fingerprint density at radius 1 is 1.35 bits per heavy atom. The molecule has 2 aromatic heterocycles. The minimum absolute atomic E-state index is 0.0838. The van der Waals surface area contributed by atoms with Gasteiger partial charge in [-0.15, -0.1) is 0 Å². The molecular formula is C9H7Cl2N5O. The molecule has 0 spiro atoms. The fourth-order valence-corrected chi connectivity index (χ4v) is 1.61. The minimum Gasteiger partial charge on any atom is -0.330 e. The normalized spacial score (nSPS) is 10.3. The Balaban J connectivity index is 2.28. The van der Waals surface area contributed by atoms with Crippen LogP contribution in [0.25, 0.3) is 0 Å². The third-order valence-electron chi connectivity index (χ3n) is 2.04. The molecule has 8 heteroatoms. The number of hydrogen-bond acceptors (Lipinski definition) is 4. The molecule has 0 aliphatic carbocycles. The lowest BCUT2D eigenvalue weighted by molar-refractivity contribution is 0.101. The summed E-state index contributed by atoms with van der Waals surface area (Å²) in [6, 6.07) is 0. The Labute approximate surface area is 107 Å². The number of carbonyl (C=O) groups excluding carboxylic acids is 1. The van der Waals surface area contributed by atoms with Crippen molar-refractivity contribution in [3.8, 4) is 0 Å². The van der Waals surface area contributed by atoms with Crippen molar-refractivity contribution in [2.75, 3.05) is 5.32 Å². The molecule has 0 fully saturated rings. The van der Waals surface area contributed by atoms with Crippen LogP contribution in [0.15, 0.2) is 18.9 Å². The van der Waals surface area contributed by atoms with Crippen molar-refractivity contribution >= 4 is 34.8 Å². The fraction of sp³-hybridized carbons (Fsp3) is 0.111. The summed E-state index contributed by atoms with van der Waals surface area (Å²) in [6.45, 7) is 0. The van der Waals surface area contributed by atoms with Crippen molar-refractivity contribution in [3.05, 3.63) is 34.9 Å². The van der Waals surface area contributed by atoms with Gasteiger partial charge in [0.15, 0.2) is 10.3 Å². The Hall–Kier alpha value is -1.66. The van der Waals surface area contributed by atoms with E-state index in [0.29, 0.717) is 5.69 Å². The fourth-order valence-electron chi connectivity index (χ4n) is 1.20. The monoisotopic (exact) mass is 271 g/mol. The molecule has 17 heavy (non-hydrogen) atoms. The molecule has 1 amide bonds. The molecule has 0 radical (unpaired) electrons. The number of anilines is 1. The lowest BCUT2D eigenvalue weighted by Gasteiger charge is -2.07. The predicted octanol–water partition coefficient (Wildman–Crippen LogP) is 1.77. The van der Waals surface area contributed by atoms with Crippen LogP contribution in [0.3, 0.4) is 0 Å². The average Bonchev–Trinajstić information content (AvgIpc) is 2.70. The summed E-state index contributed by atoms with van der Waals surface area (Å²) in [5.74, 6) is -0.386. The zero-order chi connectivity index (χ0) is 12.4. The number of halogens is 2. The summed E-state index contributed by atoms with van der Waals surface area (Å²) in [5.41, 5.74) is 0.558. The lowest BCUT2D eigenvalue weighted by atomic mass is 10.4. The summed E-state index contributed by atoms with van der Waals surface area (Å²) in [6.07, 6.45) is 4.16. The van der Waals surface area contributed by atoms with Gasteiger partial charge in [-0.25, -0.2) is 15.0 Å². The highest BCUT2D eigenvalue weighted by Crippen LogP contribution is 2.25. The highest BCUT2D eigenvalue weighted by Gasteiger charge is 2.15. The second-order valence-electron chi connectivity index (χ2n) is 3.17. The van der Waals surface area contributed by atoms with Crippen LogP contribution in [0.1, 0.15) is 10.5 Å². The number of nitrogens with zero attached hydrogens (tertiary/aromatic N) is 4. The van der Waals surface area contributed by atoms with Crippen LogP contribution in [0.5, 0.6) is 0 Å². The number of aromatic nitrogens is 4. The summed E-state index contributed by atoms with van der Waals surface area (Å²) < 4.78 is 1.57. The summed E-state index contributed by atoms with van der Waals surface area (Å²) in [5, 5.41) is 2.70. The molecular weight excluding hydrogens is 265 g/mol. The van der Waals surface area contributed by atoms with Gasteiger partial charge >= 0.3 is 0 Å². The number of hydrogen-bond donors (Lipinski definition) is 1. The first-order valence-corrected chi connectivity index (χ1v) is 5.29. The number of imidazole rings is 1. The minimum atomic E-state index is -0.386. The van der Waals surface area contributed by atoms with E-state index in [9.17, 15) is 4.79 Å². The zero-order valence-corrected chi connectivity index (χ0v) is 10.2. The Bertz CT molecular complexity index is 548. The van der Waals surface area contributed by atoms with Crippen molar-refractivity contribution in [1.29, 1.82) is 0 Å². The lowest BCUT2D eigenvalue weighted by Crippen LogP contribution is -2.16. The van der Waals surface area contributed by atoms with Crippen molar-refractivity contribution in [1.82, 2.24) is 19.5 Å². The van der Waals surface area contributed by atoms with Gasteiger partial charge < -0.3 is 9.88 Å². The maximum atomic E-state index is 11.9. The third kappa shape index (κ3) is 2.37. The molecule has 6 nitrogen and oxygen atoms in total. The summed E-state index contributed by atoms with van der Waals surface area (Å²) >= 11 is 11.6. The second-order valence-corrected chi connectivity index (χ2v) is 3.89. The van der Waals surface area contributed by atoms with Crippen molar-refractivity contribution in [2.24, 2.45) is 7.05 Å². The van der Waals surface area contributed by atoms with E-state index in [1.165, 1.54) is 18.9 Å². The first-order valence-electron chi connectivity index (χ1n) is 4.53. The van der Waals surface area contributed by atoms with E-state index in [2.05, 4.69) is 20.3 Å².